The number of aliphatic hydroxyl groups is 1. The van der Waals surface area contributed by atoms with Gasteiger partial charge in [0.1, 0.15) is 0 Å². The molecule has 0 unspecified atom stereocenters. The van der Waals surface area contributed by atoms with Gasteiger partial charge in [-0.25, -0.2) is 0 Å². The van der Waals surface area contributed by atoms with Crippen molar-refractivity contribution in [3.05, 3.63) is 0 Å². The highest BCUT2D eigenvalue weighted by Crippen LogP contribution is 2.24. The van der Waals surface area contributed by atoms with Crippen molar-refractivity contribution in [1.82, 2.24) is 4.90 Å². The van der Waals surface area contributed by atoms with Gasteiger partial charge in [0, 0.05) is 0 Å². The first-order valence-corrected chi connectivity index (χ1v) is 5.71. The van der Waals surface area contributed by atoms with Gasteiger partial charge >= 0.3 is 0 Å². The quantitative estimate of drug-likeness (QED) is 0.680. The third-order valence-corrected chi connectivity index (χ3v) is 3.16. The van der Waals surface area contributed by atoms with Crippen LogP contribution >= 0.6 is 11.8 Å². The molecular formula is C9H14N2O2S. The number of nitrogens with zero attached hydrogens (tertiary/aromatic N) is 2. The van der Waals surface area contributed by atoms with E-state index in [0.29, 0.717) is 31.0 Å². The lowest BCUT2D eigenvalue weighted by Crippen LogP contribution is -2.63. The standard InChI is InChI=1S/C9H14N2O2S/c1-2-9(13)6-11(7-9)8(12)5-14-4-3-10/h13H,2,4-7H2,1H3. The first-order chi connectivity index (χ1) is 6.61. The van der Waals surface area contributed by atoms with Crippen LogP contribution in [0.1, 0.15) is 13.3 Å². The Morgan fingerprint density at radius 2 is 2.36 bits per heavy atom. The van der Waals surface area contributed by atoms with Crippen molar-refractivity contribution in [2.45, 2.75) is 18.9 Å². The van der Waals surface area contributed by atoms with Crippen LogP contribution in [0.15, 0.2) is 0 Å². The maximum Gasteiger partial charge on any atom is 0.232 e. The number of amides is 1. The fourth-order valence-electron chi connectivity index (χ4n) is 1.34. The molecule has 78 valence electrons. The number of carbonyl (C=O) groups excluding carboxylic acids is 1. The van der Waals surface area contributed by atoms with Gasteiger partial charge in [0.2, 0.25) is 5.91 Å². The first kappa shape index (κ1) is 11.3. The lowest BCUT2D eigenvalue weighted by Gasteiger charge is -2.46. The Balaban J connectivity index is 2.20. The number of rotatable bonds is 4. The van der Waals surface area contributed by atoms with Crippen molar-refractivity contribution in [3.8, 4) is 6.07 Å². The lowest BCUT2D eigenvalue weighted by molar-refractivity contribution is -0.152. The molecule has 1 rings (SSSR count). The van der Waals surface area contributed by atoms with Gasteiger partial charge in [-0.15, -0.1) is 11.8 Å². The van der Waals surface area contributed by atoms with E-state index in [-0.39, 0.29) is 5.91 Å². The zero-order valence-corrected chi connectivity index (χ0v) is 9.01. The number of hydrogen-bond acceptors (Lipinski definition) is 4. The molecule has 1 aliphatic rings. The number of β-amino-alcohol motifs (C(OH)–C–C–N with tert-alkyl or cyclic N) is 1. The lowest BCUT2D eigenvalue weighted by atomic mass is 9.91. The Bertz CT molecular complexity index is 256. The molecule has 0 aliphatic carbocycles. The fraction of sp³-hybridized carbons (Fsp3) is 0.778. The molecule has 0 radical (unpaired) electrons. The summed E-state index contributed by atoms with van der Waals surface area (Å²) in [5.41, 5.74) is -0.657. The third kappa shape index (κ3) is 2.63. The van der Waals surface area contributed by atoms with E-state index in [1.54, 1.807) is 4.90 Å². The van der Waals surface area contributed by atoms with Gasteiger partial charge in [-0.3, -0.25) is 4.79 Å². The summed E-state index contributed by atoms with van der Waals surface area (Å²) in [6, 6.07) is 1.97. The number of likely N-dealkylation sites (tertiary alicyclic amines) is 1. The second kappa shape index (κ2) is 4.67. The van der Waals surface area contributed by atoms with Crippen LogP contribution in [0.25, 0.3) is 0 Å². The van der Waals surface area contributed by atoms with Gasteiger partial charge in [0.15, 0.2) is 0 Å². The minimum atomic E-state index is -0.657. The summed E-state index contributed by atoms with van der Waals surface area (Å²) in [4.78, 5) is 13.0. The molecule has 1 amide bonds. The molecule has 1 aliphatic heterocycles. The van der Waals surface area contributed by atoms with E-state index in [9.17, 15) is 9.90 Å². The molecule has 0 aromatic heterocycles. The van der Waals surface area contributed by atoms with Crippen LogP contribution in [0.3, 0.4) is 0 Å². The van der Waals surface area contributed by atoms with E-state index in [0.717, 1.165) is 0 Å². The zero-order chi connectivity index (χ0) is 10.6. The van der Waals surface area contributed by atoms with Gasteiger partial charge in [0.05, 0.1) is 36.3 Å². The van der Waals surface area contributed by atoms with Gasteiger partial charge < -0.3 is 10.0 Å². The Morgan fingerprint density at radius 3 is 2.86 bits per heavy atom. The van der Waals surface area contributed by atoms with Gasteiger partial charge in [0.25, 0.3) is 0 Å². The summed E-state index contributed by atoms with van der Waals surface area (Å²) >= 11 is 1.31. The average molecular weight is 214 g/mol. The zero-order valence-electron chi connectivity index (χ0n) is 8.19. The molecule has 0 aromatic carbocycles. The van der Waals surface area contributed by atoms with Crippen molar-refractivity contribution < 1.29 is 9.90 Å². The average Bonchev–Trinajstić information content (AvgIpc) is 2.13. The van der Waals surface area contributed by atoms with Crippen LogP contribution in [-0.4, -0.2) is 46.1 Å². The second-order valence-corrected chi connectivity index (χ2v) is 4.46. The molecular weight excluding hydrogens is 200 g/mol. The highest BCUT2D eigenvalue weighted by molar-refractivity contribution is 8.00. The second-order valence-electron chi connectivity index (χ2n) is 3.48. The molecule has 4 nitrogen and oxygen atoms in total. The summed E-state index contributed by atoms with van der Waals surface area (Å²) < 4.78 is 0. The monoisotopic (exact) mass is 214 g/mol. The van der Waals surface area contributed by atoms with Crippen molar-refractivity contribution >= 4 is 17.7 Å². The molecule has 0 bridgehead atoms. The van der Waals surface area contributed by atoms with E-state index >= 15 is 0 Å². The Labute approximate surface area is 87.9 Å². The molecule has 14 heavy (non-hydrogen) atoms. The van der Waals surface area contributed by atoms with E-state index < -0.39 is 5.60 Å². The minimum absolute atomic E-state index is 0.0170. The van der Waals surface area contributed by atoms with Gasteiger partial charge in [-0.1, -0.05) is 6.92 Å². The maximum atomic E-state index is 11.4. The smallest absolute Gasteiger partial charge is 0.232 e. The van der Waals surface area contributed by atoms with Gasteiger partial charge in [-0.05, 0) is 6.42 Å². The predicted molar refractivity (Wildman–Crippen MR) is 54.8 cm³/mol. The molecule has 1 fully saturated rings. The van der Waals surface area contributed by atoms with Crippen molar-refractivity contribution in [2.24, 2.45) is 0 Å². The number of nitriles is 1. The topological polar surface area (TPSA) is 64.3 Å². The molecule has 0 aromatic rings. The SMILES string of the molecule is CCC1(O)CN(C(=O)CSCC#N)C1. The minimum Gasteiger partial charge on any atom is -0.386 e. The summed E-state index contributed by atoms with van der Waals surface area (Å²) in [6.45, 7) is 2.79. The van der Waals surface area contributed by atoms with E-state index in [1.807, 2.05) is 13.0 Å². The van der Waals surface area contributed by atoms with E-state index in [1.165, 1.54) is 11.8 Å². The Kier molecular flexibility index (Phi) is 3.78. The number of hydrogen-bond donors (Lipinski definition) is 1. The highest BCUT2D eigenvalue weighted by Gasteiger charge is 2.41. The summed E-state index contributed by atoms with van der Waals surface area (Å²) in [5.74, 6) is 0.703. The Morgan fingerprint density at radius 1 is 1.71 bits per heavy atom. The van der Waals surface area contributed by atoms with Crippen molar-refractivity contribution in [3.63, 3.8) is 0 Å². The first-order valence-electron chi connectivity index (χ1n) is 4.56. The van der Waals surface area contributed by atoms with Crippen LogP contribution in [0, 0.1) is 11.3 Å². The van der Waals surface area contributed by atoms with Crippen molar-refractivity contribution in [2.75, 3.05) is 24.6 Å². The van der Waals surface area contributed by atoms with Crippen molar-refractivity contribution in [1.29, 1.82) is 5.26 Å². The molecule has 1 N–H and O–H groups in total. The Hall–Kier alpha value is -0.730. The summed E-state index contributed by atoms with van der Waals surface area (Å²) in [6.07, 6.45) is 0.683. The van der Waals surface area contributed by atoms with E-state index in [2.05, 4.69) is 0 Å². The fourth-order valence-corrected chi connectivity index (χ4v) is 1.89. The highest BCUT2D eigenvalue weighted by atomic mass is 32.2. The van der Waals surface area contributed by atoms with E-state index in [4.69, 9.17) is 5.26 Å². The molecule has 0 atom stereocenters. The summed E-state index contributed by atoms with van der Waals surface area (Å²) in [7, 11) is 0. The van der Waals surface area contributed by atoms with Gasteiger partial charge in [-0.2, -0.15) is 5.26 Å². The summed E-state index contributed by atoms with van der Waals surface area (Å²) in [5, 5.41) is 17.9. The van der Waals surface area contributed by atoms with Crippen LogP contribution in [0.5, 0.6) is 0 Å². The van der Waals surface area contributed by atoms with Crippen LogP contribution in [0.4, 0.5) is 0 Å². The molecule has 0 spiro atoms. The van der Waals surface area contributed by atoms with Crippen LogP contribution < -0.4 is 0 Å². The third-order valence-electron chi connectivity index (χ3n) is 2.37. The van der Waals surface area contributed by atoms with Crippen LogP contribution in [-0.2, 0) is 4.79 Å². The maximum absolute atomic E-state index is 11.4. The molecule has 5 heteroatoms. The molecule has 1 heterocycles. The number of thioether (sulfide) groups is 1. The predicted octanol–water partition coefficient (Wildman–Crippen LogP) is 0.226. The molecule has 0 saturated carbocycles. The number of carbonyl (C=O) groups is 1. The largest absolute Gasteiger partial charge is 0.386 e. The van der Waals surface area contributed by atoms with Crippen LogP contribution in [0.2, 0.25) is 0 Å². The molecule has 1 saturated heterocycles. The normalized spacial score (nSPS) is 18.5.